The van der Waals surface area contributed by atoms with E-state index in [1.807, 2.05) is 60.0 Å². The number of hydrogen-bond acceptors (Lipinski definition) is 4. The molecule has 6 nitrogen and oxygen atoms in total. The van der Waals surface area contributed by atoms with Gasteiger partial charge in [0.2, 0.25) is 0 Å². The van der Waals surface area contributed by atoms with Crippen LogP contribution < -0.4 is 5.32 Å². The number of nitrogens with one attached hydrogen (secondary N) is 1. The second-order valence-electron chi connectivity index (χ2n) is 8.34. The molecule has 162 valence electrons. The van der Waals surface area contributed by atoms with Gasteiger partial charge in [0.1, 0.15) is 5.82 Å². The molecule has 1 saturated carbocycles. The Hall–Kier alpha value is -3.25. The second-order valence-corrected chi connectivity index (χ2v) is 8.78. The van der Waals surface area contributed by atoms with E-state index in [0.29, 0.717) is 28.0 Å². The number of fused-ring (bicyclic) bond motifs is 1. The van der Waals surface area contributed by atoms with Crippen molar-refractivity contribution in [2.75, 3.05) is 5.32 Å². The molecule has 0 aliphatic heterocycles. The summed E-state index contributed by atoms with van der Waals surface area (Å²) < 4.78 is 1.92. The standard InChI is InChI=1S/C25H24ClN5O/c1-16-21(17-10-12-19(26)13-11-17)8-5-9-22(16)24(32)28-20-14-27-25-30-29-23(31(25)15-20)18-6-3-2-4-7-18/h5,8-15,18H,2-4,6-7H2,1H3,(H,28,32). The lowest BCUT2D eigenvalue weighted by molar-refractivity contribution is 0.102. The zero-order chi connectivity index (χ0) is 22.1. The first kappa shape index (κ1) is 20.6. The van der Waals surface area contributed by atoms with Crippen LogP contribution in [0.3, 0.4) is 0 Å². The molecule has 0 radical (unpaired) electrons. The third-order valence-electron chi connectivity index (χ3n) is 6.25. The fourth-order valence-corrected chi connectivity index (χ4v) is 4.66. The summed E-state index contributed by atoms with van der Waals surface area (Å²) in [6.07, 6.45) is 9.45. The Balaban J connectivity index is 1.42. The number of halogens is 1. The first-order valence-electron chi connectivity index (χ1n) is 11.0. The summed E-state index contributed by atoms with van der Waals surface area (Å²) in [5.74, 6) is 1.71. The Kier molecular flexibility index (Phi) is 5.62. The van der Waals surface area contributed by atoms with Gasteiger partial charge in [-0.2, -0.15) is 0 Å². The predicted molar refractivity (Wildman–Crippen MR) is 126 cm³/mol. The van der Waals surface area contributed by atoms with Crippen LogP contribution in [0.2, 0.25) is 5.02 Å². The summed E-state index contributed by atoms with van der Waals surface area (Å²) in [4.78, 5) is 17.5. The largest absolute Gasteiger partial charge is 0.319 e. The number of anilines is 1. The zero-order valence-corrected chi connectivity index (χ0v) is 18.6. The number of amides is 1. The van der Waals surface area contributed by atoms with Crippen LogP contribution in [0.5, 0.6) is 0 Å². The fraction of sp³-hybridized carbons (Fsp3) is 0.280. The van der Waals surface area contributed by atoms with Gasteiger partial charge < -0.3 is 5.32 Å². The van der Waals surface area contributed by atoms with Crippen molar-refractivity contribution in [2.24, 2.45) is 0 Å². The van der Waals surface area contributed by atoms with Crippen molar-refractivity contribution in [1.82, 2.24) is 19.6 Å². The van der Waals surface area contributed by atoms with Gasteiger partial charge in [-0.25, -0.2) is 4.98 Å². The van der Waals surface area contributed by atoms with Crippen LogP contribution in [0.4, 0.5) is 5.69 Å². The van der Waals surface area contributed by atoms with E-state index < -0.39 is 0 Å². The number of carbonyl (C=O) groups excluding carboxylic acids is 1. The molecule has 0 saturated heterocycles. The third-order valence-corrected chi connectivity index (χ3v) is 6.51. The van der Waals surface area contributed by atoms with Crippen molar-refractivity contribution in [3.63, 3.8) is 0 Å². The number of nitrogens with zero attached hydrogens (tertiary/aromatic N) is 4. The summed E-state index contributed by atoms with van der Waals surface area (Å²) in [5.41, 5.74) is 4.17. The van der Waals surface area contributed by atoms with Crippen LogP contribution in [-0.2, 0) is 0 Å². The highest BCUT2D eigenvalue weighted by atomic mass is 35.5. The van der Waals surface area contributed by atoms with Crippen LogP contribution in [-0.4, -0.2) is 25.5 Å². The van der Waals surface area contributed by atoms with Crippen LogP contribution >= 0.6 is 11.6 Å². The minimum atomic E-state index is -0.174. The van der Waals surface area contributed by atoms with Gasteiger partial charge in [0.25, 0.3) is 11.7 Å². The lowest BCUT2D eigenvalue weighted by Crippen LogP contribution is -2.15. The van der Waals surface area contributed by atoms with Crippen LogP contribution in [0.25, 0.3) is 16.9 Å². The molecule has 1 amide bonds. The average molecular weight is 446 g/mol. The maximum atomic E-state index is 13.1. The van der Waals surface area contributed by atoms with Crippen molar-refractivity contribution in [1.29, 1.82) is 0 Å². The molecule has 2 aromatic carbocycles. The highest BCUT2D eigenvalue weighted by molar-refractivity contribution is 6.30. The number of rotatable bonds is 4. The predicted octanol–water partition coefficient (Wildman–Crippen LogP) is 6.05. The Labute approximate surface area is 191 Å². The number of carbonyl (C=O) groups is 1. The zero-order valence-electron chi connectivity index (χ0n) is 17.9. The number of hydrogen-bond donors (Lipinski definition) is 1. The van der Waals surface area contributed by atoms with E-state index in [2.05, 4.69) is 20.5 Å². The minimum Gasteiger partial charge on any atom is -0.319 e. The van der Waals surface area contributed by atoms with Gasteiger partial charge in [-0.05, 0) is 54.7 Å². The summed E-state index contributed by atoms with van der Waals surface area (Å²) in [6, 6.07) is 13.4. The SMILES string of the molecule is Cc1c(C(=O)Nc2cnc3nnc(C4CCCCC4)n3c2)cccc1-c1ccc(Cl)cc1. The van der Waals surface area contributed by atoms with Gasteiger partial charge in [0.05, 0.1) is 11.9 Å². The molecule has 7 heteroatoms. The van der Waals surface area contributed by atoms with E-state index >= 15 is 0 Å². The number of aromatic nitrogens is 4. The van der Waals surface area contributed by atoms with E-state index in [1.54, 1.807) is 6.20 Å². The molecule has 0 atom stereocenters. The molecule has 1 aliphatic carbocycles. The van der Waals surface area contributed by atoms with E-state index in [0.717, 1.165) is 35.4 Å². The average Bonchev–Trinajstić information content (AvgIpc) is 3.24. The normalized spacial score (nSPS) is 14.6. The lowest BCUT2D eigenvalue weighted by atomic mass is 9.89. The Morgan fingerprint density at radius 3 is 2.62 bits per heavy atom. The van der Waals surface area contributed by atoms with Crippen molar-refractivity contribution in [3.05, 3.63) is 76.8 Å². The molecule has 32 heavy (non-hydrogen) atoms. The third kappa shape index (κ3) is 3.98. The molecule has 2 heterocycles. The van der Waals surface area contributed by atoms with Crippen LogP contribution in [0, 0.1) is 6.92 Å². The van der Waals surface area contributed by atoms with Gasteiger partial charge in [0, 0.05) is 22.7 Å². The van der Waals surface area contributed by atoms with Crippen molar-refractivity contribution in [2.45, 2.75) is 44.9 Å². The topological polar surface area (TPSA) is 72.2 Å². The monoisotopic (exact) mass is 445 g/mol. The quantitative estimate of drug-likeness (QED) is 0.414. The van der Waals surface area contributed by atoms with Crippen LogP contribution in [0.1, 0.15) is 59.8 Å². The second kappa shape index (κ2) is 8.71. The summed E-state index contributed by atoms with van der Waals surface area (Å²) in [5, 5.41) is 12.3. The summed E-state index contributed by atoms with van der Waals surface area (Å²) >= 11 is 6.02. The molecule has 1 N–H and O–H groups in total. The molecule has 1 aliphatic rings. The van der Waals surface area contributed by atoms with Gasteiger partial charge in [-0.1, -0.05) is 55.1 Å². The Morgan fingerprint density at radius 1 is 1.06 bits per heavy atom. The maximum Gasteiger partial charge on any atom is 0.256 e. The van der Waals surface area contributed by atoms with E-state index in [4.69, 9.17) is 11.6 Å². The molecule has 0 unspecified atom stereocenters. The van der Waals surface area contributed by atoms with Crippen molar-refractivity contribution in [3.8, 4) is 11.1 Å². The van der Waals surface area contributed by atoms with Crippen molar-refractivity contribution >= 4 is 29.0 Å². The smallest absolute Gasteiger partial charge is 0.256 e. The molecular formula is C25H24ClN5O. The van der Waals surface area contributed by atoms with E-state index in [1.165, 1.54) is 19.3 Å². The van der Waals surface area contributed by atoms with Gasteiger partial charge in [-0.3, -0.25) is 9.20 Å². The minimum absolute atomic E-state index is 0.174. The van der Waals surface area contributed by atoms with E-state index in [9.17, 15) is 4.79 Å². The van der Waals surface area contributed by atoms with Crippen molar-refractivity contribution < 1.29 is 4.79 Å². The van der Waals surface area contributed by atoms with Crippen LogP contribution in [0.15, 0.2) is 54.9 Å². The first-order valence-corrected chi connectivity index (χ1v) is 11.4. The molecule has 4 aromatic rings. The molecule has 5 rings (SSSR count). The Morgan fingerprint density at radius 2 is 1.84 bits per heavy atom. The molecule has 1 fully saturated rings. The fourth-order valence-electron chi connectivity index (χ4n) is 4.53. The maximum absolute atomic E-state index is 13.1. The van der Waals surface area contributed by atoms with E-state index in [-0.39, 0.29) is 5.91 Å². The summed E-state index contributed by atoms with van der Waals surface area (Å²) in [6.45, 7) is 1.96. The molecule has 0 bridgehead atoms. The Bertz CT molecular complexity index is 1280. The first-order chi connectivity index (χ1) is 15.6. The lowest BCUT2D eigenvalue weighted by Gasteiger charge is -2.19. The summed E-state index contributed by atoms with van der Waals surface area (Å²) in [7, 11) is 0. The van der Waals surface area contributed by atoms with Gasteiger partial charge in [-0.15, -0.1) is 10.2 Å². The van der Waals surface area contributed by atoms with Gasteiger partial charge in [0.15, 0.2) is 0 Å². The highest BCUT2D eigenvalue weighted by Crippen LogP contribution is 2.32. The number of benzene rings is 2. The van der Waals surface area contributed by atoms with Gasteiger partial charge >= 0.3 is 0 Å². The molecule has 2 aromatic heterocycles. The molecule has 0 spiro atoms. The molecular weight excluding hydrogens is 422 g/mol. The highest BCUT2D eigenvalue weighted by Gasteiger charge is 2.21.